The molecule has 3 aromatic carbocycles. The Balaban J connectivity index is 1.46. The van der Waals surface area contributed by atoms with Crippen molar-refractivity contribution in [1.82, 2.24) is 21.3 Å². The third kappa shape index (κ3) is 7.87. The Bertz CT molecular complexity index is 1340. The van der Waals surface area contributed by atoms with Crippen molar-refractivity contribution in [1.29, 1.82) is 0 Å². The van der Waals surface area contributed by atoms with Crippen LogP contribution in [0.4, 0.5) is 0 Å². The molecule has 0 bridgehead atoms. The van der Waals surface area contributed by atoms with Crippen LogP contribution in [0, 0.1) is 0 Å². The number of hydrogen-bond donors (Lipinski definition) is 6. The van der Waals surface area contributed by atoms with Crippen LogP contribution in [0.1, 0.15) is 35.2 Å². The van der Waals surface area contributed by atoms with E-state index in [-0.39, 0.29) is 24.9 Å². The van der Waals surface area contributed by atoms with Crippen molar-refractivity contribution in [3.63, 3.8) is 0 Å². The fourth-order valence-electron chi connectivity index (χ4n) is 4.80. The van der Waals surface area contributed by atoms with E-state index in [9.17, 15) is 24.3 Å². The van der Waals surface area contributed by atoms with Crippen LogP contribution in [-0.4, -0.2) is 66.1 Å². The minimum atomic E-state index is -1.26. The van der Waals surface area contributed by atoms with Gasteiger partial charge >= 0.3 is 0 Å². The van der Waals surface area contributed by atoms with Crippen LogP contribution in [0.2, 0.25) is 0 Å². The van der Waals surface area contributed by atoms with E-state index in [2.05, 4.69) is 21.3 Å². The smallest absolute Gasteiger partial charge is 0.251 e. The van der Waals surface area contributed by atoms with Crippen molar-refractivity contribution in [2.45, 2.75) is 49.9 Å². The van der Waals surface area contributed by atoms with Crippen molar-refractivity contribution in [2.24, 2.45) is 5.73 Å². The van der Waals surface area contributed by atoms with Crippen LogP contribution < -0.4 is 27.0 Å². The summed E-state index contributed by atoms with van der Waals surface area (Å²) in [5.41, 5.74) is 6.58. The average Bonchev–Trinajstić information content (AvgIpc) is 3.50. The monoisotopic (exact) mass is 545 g/mol. The molecule has 0 saturated carbocycles. The second kappa shape index (κ2) is 13.7. The Morgan fingerprint density at radius 2 is 1.68 bits per heavy atom. The molecule has 0 aromatic heterocycles. The first kappa shape index (κ1) is 28.7. The molecular formula is C30H35N5O5. The van der Waals surface area contributed by atoms with E-state index >= 15 is 0 Å². The molecule has 0 spiro atoms. The lowest BCUT2D eigenvalue weighted by atomic mass is 10.00. The maximum atomic E-state index is 13.4. The number of hydrogen-bond acceptors (Lipinski definition) is 6. The van der Waals surface area contributed by atoms with E-state index in [1.54, 1.807) is 18.2 Å². The van der Waals surface area contributed by atoms with E-state index in [1.165, 1.54) is 0 Å². The predicted octanol–water partition coefficient (Wildman–Crippen LogP) is 0.770. The number of carbonyl (C=O) groups excluding carboxylic acids is 4. The van der Waals surface area contributed by atoms with Crippen LogP contribution in [0.3, 0.4) is 0 Å². The van der Waals surface area contributed by atoms with Crippen LogP contribution in [-0.2, 0) is 20.8 Å². The van der Waals surface area contributed by atoms with Gasteiger partial charge in [-0.25, -0.2) is 0 Å². The van der Waals surface area contributed by atoms with E-state index in [1.807, 2.05) is 54.6 Å². The summed E-state index contributed by atoms with van der Waals surface area (Å²) in [7, 11) is 0. The van der Waals surface area contributed by atoms with Gasteiger partial charge in [0.25, 0.3) is 5.91 Å². The first-order valence-corrected chi connectivity index (χ1v) is 13.4. The number of aliphatic hydroxyl groups is 1. The standard InChI is InChI=1S/C30H35N5O5/c31-27(37)17-25(35-28(38)22-13-12-20-9-4-5-10-21(20)16-22)30(40)34-24(15-19-7-2-1-3-8-19)26(36)18-33-29(39)23-11-6-14-32-23/h1-5,7-10,12-13,16,23-26,32,36H,6,11,14-15,17-18H2,(H2,31,37)(H,33,39)(H,34,40)(H,35,38)/t23-,24-,25-,26+/m0/s1. The fraction of sp³-hybridized carbons (Fsp3) is 0.333. The molecule has 1 saturated heterocycles. The Kier molecular flexibility index (Phi) is 9.82. The van der Waals surface area contributed by atoms with Gasteiger partial charge in [0.1, 0.15) is 6.04 Å². The summed E-state index contributed by atoms with van der Waals surface area (Å²) < 4.78 is 0. The number of primary amides is 1. The highest BCUT2D eigenvalue weighted by Crippen LogP contribution is 2.16. The molecule has 4 atom stereocenters. The molecule has 1 heterocycles. The minimum absolute atomic E-state index is 0.0846. The zero-order chi connectivity index (χ0) is 28.5. The van der Waals surface area contributed by atoms with Crippen molar-refractivity contribution in [2.75, 3.05) is 13.1 Å². The molecule has 0 unspecified atom stereocenters. The van der Waals surface area contributed by atoms with Crippen LogP contribution in [0.5, 0.6) is 0 Å². The number of nitrogens with two attached hydrogens (primary N) is 1. The third-order valence-corrected chi connectivity index (χ3v) is 6.99. The summed E-state index contributed by atoms with van der Waals surface area (Å²) in [6.45, 7) is 0.679. The normalized spacial score (nSPS) is 17.0. The lowest BCUT2D eigenvalue weighted by Gasteiger charge is -2.27. The Labute approximate surface area is 232 Å². The second-order valence-electron chi connectivity index (χ2n) is 10.0. The minimum Gasteiger partial charge on any atom is -0.389 e. The van der Waals surface area contributed by atoms with Crippen LogP contribution in [0.25, 0.3) is 10.8 Å². The van der Waals surface area contributed by atoms with Gasteiger partial charge in [0, 0.05) is 12.1 Å². The van der Waals surface area contributed by atoms with Crippen LogP contribution >= 0.6 is 0 Å². The maximum absolute atomic E-state index is 13.4. The first-order valence-electron chi connectivity index (χ1n) is 13.4. The van der Waals surface area contributed by atoms with Gasteiger partial charge in [-0.1, -0.05) is 60.7 Å². The van der Waals surface area contributed by atoms with Gasteiger partial charge in [0.2, 0.25) is 17.7 Å². The quantitative estimate of drug-likeness (QED) is 0.197. The van der Waals surface area contributed by atoms with Gasteiger partial charge < -0.3 is 32.1 Å². The molecule has 1 fully saturated rings. The number of nitrogens with one attached hydrogen (secondary N) is 4. The summed E-state index contributed by atoms with van der Waals surface area (Å²) >= 11 is 0. The Morgan fingerprint density at radius 1 is 0.950 bits per heavy atom. The van der Waals surface area contributed by atoms with Crippen molar-refractivity contribution in [3.8, 4) is 0 Å². The summed E-state index contributed by atoms with van der Waals surface area (Å²) in [6, 6.07) is 19.6. The van der Waals surface area contributed by atoms with Crippen LogP contribution in [0.15, 0.2) is 72.8 Å². The highest BCUT2D eigenvalue weighted by molar-refractivity contribution is 6.01. The molecule has 0 aliphatic carbocycles. The topological polar surface area (TPSA) is 163 Å². The molecule has 40 heavy (non-hydrogen) atoms. The largest absolute Gasteiger partial charge is 0.389 e. The third-order valence-electron chi connectivity index (χ3n) is 6.99. The second-order valence-corrected chi connectivity index (χ2v) is 10.0. The van der Waals surface area contributed by atoms with E-state index in [0.717, 1.165) is 35.7 Å². The number of benzene rings is 3. The van der Waals surface area contributed by atoms with E-state index in [0.29, 0.717) is 5.56 Å². The number of rotatable bonds is 12. The Morgan fingerprint density at radius 3 is 2.38 bits per heavy atom. The molecule has 1 aliphatic heterocycles. The fourth-order valence-corrected chi connectivity index (χ4v) is 4.80. The molecule has 1 aliphatic rings. The molecule has 4 amide bonds. The molecule has 210 valence electrons. The summed E-state index contributed by atoms with van der Waals surface area (Å²) in [5, 5.41) is 24.1. The van der Waals surface area contributed by atoms with Crippen molar-refractivity contribution in [3.05, 3.63) is 83.9 Å². The molecule has 3 aromatic rings. The molecule has 10 nitrogen and oxygen atoms in total. The molecule has 7 N–H and O–H groups in total. The van der Waals surface area contributed by atoms with Gasteiger partial charge in [-0.05, 0) is 54.3 Å². The van der Waals surface area contributed by atoms with Crippen molar-refractivity contribution < 1.29 is 24.3 Å². The van der Waals surface area contributed by atoms with Crippen molar-refractivity contribution >= 4 is 34.4 Å². The SMILES string of the molecule is NC(=O)C[C@H](NC(=O)c1ccc2ccccc2c1)C(=O)N[C@@H](Cc1ccccc1)[C@H](O)CNC(=O)[C@@H]1CCCN1. The number of amides is 4. The molecule has 4 rings (SSSR count). The zero-order valence-electron chi connectivity index (χ0n) is 22.1. The van der Waals surface area contributed by atoms with Gasteiger partial charge in [-0.2, -0.15) is 0 Å². The number of carbonyl (C=O) groups is 4. The molecule has 10 heteroatoms. The highest BCUT2D eigenvalue weighted by atomic mass is 16.3. The predicted molar refractivity (Wildman–Crippen MR) is 151 cm³/mol. The van der Waals surface area contributed by atoms with Gasteiger partial charge in [-0.15, -0.1) is 0 Å². The van der Waals surface area contributed by atoms with E-state index < -0.39 is 42.3 Å². The lowest BCUT2D eigenvalue weighted by molar-refractivity contribution is -0.128. The van der Waals surface area contributed by atoms with Gasteiger partial charge in [-0.3, -0.25) is 19.2 Å². The first-order chi connectivity index (χ1) is 19.3. The number of aliphatic hydroxyl groups excluding tert-OH is 1. The maximum Gasteiger partial charge on any atom is 0.251 e. The zero-order valence-corrected chi connectivity index (χ0v) is 22.1. The summed E-state index contributed by atoms with van der Waals surface area (Å²) in [6.07, 6.45) is 0.313. The molecular weight excluding hydrogens is 510 g/mol. The summed E-state index contributed by atoms with van der Waals surface area (Å²) in [4.78, 5) is 50.7. The number of fused-ring (bicyclic) bond motifs is 1. The van der Waals surface area contributed by atoms with Gasteiger partial charge in [0.15, 0.2) is 0 Å². The lowest BCUT2D eigenvalue weighted by Crippen LogP contribution is -2.56. The summed E-state index contributed by atoms with van der Waals surface area (Å²) in [5.74, 6) is -2.19. The van der Waals surface area contributed by atoms with E-state index in [4.69, 9.17) is 5.73 Å². The average molecular weight is 546 g/mol. The Hall–Kier alpha value is -4.28. The van der Waals surface area contributed by atoms with Gasteiger partial charge in [0.05, 0.1) is 24.6 Å². The highest BCUT2D eigenvalue weighted by Gasteiger charge is 2.30. The molecule has 0 radical (unpaired) electrons.